The number of carbonyl (C=O) groups is 3. The molecule has 4 heterocycles. The molecule has 1 spiro atoms. The molecule has 3 aliphatic rings. The van der Waals surface area contributed by atoms with Gasteiger partial charge in [0, 0.05) is 49.1 Å². The number of likely N-dealkylation sites (tertiary alicyclic amines) is 1. The Morgan fingerprint density at radius 2 is 1.69 bits per heavy atom. The monoisotopic (exact) mass is 519 g/mol. The van der Waals surface area contributed by atoms with Gasteiger partial charge in [0.25, 0.3) is 5.91 Å². The van der Waals surface area contributed by atoms with E-state index in [-0.39, 0.29) is 35.5 Å². The Labute approximate surface area is 226 Å². The summed E-state index contributed by atoms with van der Waals surface area (Å²) in [7, 11) is 0. The molecule has 2 fully saturated rings. The van der Waals surface area contributed by atoms with Gasteiger partial charge in [0.05, 0.1) is 11.4 Å². The number of rotatable bonds is 3. The maximum atomic E-state index is 14.0. The maximum Gasteiger partial charge on any atom is 0.279 e. The lowest BCUT2D eigenvalue weighted by Gasteiger charge is -2.40. The molecule has 0 aliphatic carbocycles. The number of para-hydroxylation sites is 1. The van der Waals surface area contributed by atoms with Crippen molar-refractivity contribution in [3.05, 3.63) is 84.1 Å². The third-order valence-electron chi connectivity index (χ3n) is 8.70. The molecular weight excluding hydrogens is 490 g/mol. The fourth-order valence-electron chi connectivity index (χ4n) is 6.55. The summed E-state index contributed by atoms with van der Waals surface area (Å²) in [5.41, 5.74) is 5.29. The molecule has 0 saturated carbocycles. The number of aromatic nitrogens is 2. The first-order valence-electron chi connectivity index (χ1n) is 13.5. The first kappa shape index (κ1) is 23.6. The van der Waals surface area contributed by atoms with Gasteiger partial charge in [0.2, 0.25) is 11.8 Å². The summed E-state index contributed by atoms with van der Waals surface area (Å²) in [6.07, 6.45) is 1.82. The topological polar surface area (TPSA) is 98.4 Å². The average Bonchev–Trinajstić information content (AvgIpc) is 3.69. The number of piperidine rings is 1. The largest absolute Gasteiger partial charge is 0.355 e. The van der Waals surface area contributed by atoms with Crippen LogP contribution in [-0.2, 0) is 15.0 Å². The molecule has 196 valence electrons. The minimum absolute atomic E-state index is 0.0529. The number of H-pyrrole nitrogens is 1. The van der Waals surface area contributed by atoms with Gasteiger partial charge in [-0.15, -0.1) is 0 Å². The van der Waals surface area contributed by atoms with E-state index in [0.717, 1.165) is 46.1 Å². The van der Waals surface area contributed by atoms with Gasteiger partial charge in [-0.05, 0) is 47.7 Å². The van der Waals surface area contributed by atoms with Gasteiger partial charge in [-0.2, -0.15) is 5.10 Å². The normalized spacial score (nSPS) is 19.9. The van der Waals surface area contributed by atoms with Crippen LogP contribution in [0.2, 0.25) is 0 Å². The predicted molar refractivity (Wildman–Crippen MR) is 148 cm³/mol. The second kappa shape index (κ2) is 9.08. The number of hydrogen-bond acceptors (Lipinski definition) is 4. The van der Waals surface area contributed by atoms with Gasteiger partial charge in [0.15, 0.2) is 5.69 Å². The molecule has 2 N–H and O–H groups in total. The standard InChI is InChI=1S/C31H29N5O3/c37-27-17-22(18-32-27)29(38)35-14-12-31(13-15-35)19-36(26-9-5-4-8-24(26)31)30(39)28-23-11-10-21(16-25(23)33-34-28)20-6-2-1-3-7-20/h1-11,16,22H,12-15,17-19H2,(H,32,37)(H,33,34). The fraction of sp³-hybridized carbons (Fsp3) is 0.290. The van der Waals surface area contributed by atoms with Crippen molar-refractivity contribution in [1.82, 2.24) is 20.4 Å². The number of fused-ring (bicyclic) bond motifs is 3. The van der Waals surface area contributed by atoms with E-state index in [1.54, 1.807) is 0 Å². The van der Waals surface area contributed by atoms with Crippen LogP contribution in [0, 0.1) is 5.92 Å². The van der Waals surface area contributed by atoms with E-state index in [0.29, 0.717) is 31.9 Å². The Morgan fingerprint density at radius 1 is 0.923 bits per heavy atom. The van der Waals surface area contributed by atoms with Gasteiger partial charge in [-0.25, -0.2) is 0 Å². The minimum atomic E-state index is -0.268. The van der Waals surface area contributed by atoms with Crippen LogP contribution in [0.4, 0.5) is 5.69 Å². The zero-order chi connectivity index (χ0) is 26.6. The molecule has 0 radical (unpaired) electrons. The predicted octanol–water partition coefficient (Wildman–Crippen LogP) is 3.89. The Kier molecular flexibility index (Phi) is 5.50. The van der Waals surface area contributed by atoms with Crippen molar-refractivity contribution in [1.29, 1.82) is 0 Å². The molecule has 3 amide bonds. The Morgan fingerprint density at radius 3 is 2.46 bits per heavy atom. The van der Waals surface area contributed by atoms with Gasteiger partial charge in [-0.1, -0.05) is 54.6 Å². The number of nitrogens with zero attached hydrogens (tertiary/aromatic N) is 3. The van der Waals surface area contributed by atoms with E-state index < -0.39 is 0 Å². The highest BCUT2D eigenvalue weighted by atomic mass is 16.2. The van der Waals surface area contributed by atoms with Crippen LogP contribution in [0.1, 0.15) is 35.3 Å². The summed E-state index contributed by atoms with van der Waals surface area (Å²) in [5.74, 6) is -0.383. The summed E-state index contributed by atoms with van der Waals surface area (Å²) < 4.78 is 0. The van der Waals surface area contributed by atoms with Crippen molar-refractivity contribution in [2.75, 3.05) is 31.1 Å². The molecular formula is C31H29N5O3. The van der Waals surface area contributed by atoms with E-state index >= 15 is 0 Å². The second-order valence-corrected chi connectivity index (χ2v) is 10.9. The molecule has 3 aromatic carbocycles. The summed E-state index contributed by atoms with van der Waals surface area (Å²) in [6, 6.07) is 24.3. The molecule has 1 atom stereocenters. The molecule has 39 heavy (non-hydrogen) atoms. The number of aromatic amines is 1. The molecule has 1 unspecified atom stereocenters. The number of anilines is 1. The molecule has 3 aliphatic heterocycles. The van der Waals surface area contributed by atoms with E-state index in [4.69, 9.17) is 0 Å². The Hall–Kier alpha value is -4.46. The van der Waals surface area contributed by atoms with Gasteiger partial charge in [0.1, 0.15) is 0 Å². The Bertz CT molecular complexity index is 1600. The average molecular weight is 520 g/mol. The number of nitrogens with one attached hydrogen (secondary N) is 2. The highest BCUT2D eigenvalue weighted by Gasteiger charge is 2.48. The van der Waals surface area contributed by atoms with Crippen molar-refractivity contribution in [3.8, 4) is 11.1 Å². The van der Waals surface area contributed by atoms with E-state index in [9.17, 15) is 14.4 Å². The molecule has 8 heteroatoms. The van der Waals surface area contributed by atoms with Crippen LogP contribution in [-0.4, -0.2) is 59.0 Å². The summed E-state index contributed by atoms with van der Waals surface area (Å²) in [6.45, 7) is 2.23. The minimum Gasteiger partial charge on any atom is -0.355 e. The molecule has 8 nitrogen and oxygen atoms in total. The third kappa shape index (κ3) is 3.90. The quantitative estimate of drug-likeness (QED) is 0.429. The number of amides is 3. The van der Waals surface area contributed by atoms with Crippen molar-refractivity contribution in [3.63, 3.8) is 0 Å². The molecule has 1 aromatic heterocycles. The third-order valence-corrected chi connectivity index (χ3v) is 8.70. The lowest BCUT2D eigenvalue weighted by Crippen LogP contribution is -2.49. The number of carbonyl (C=O) groups excluding carboxylic acids is 3. The number of benzene rings is 3. The summed E-state index contributed by atoms with van der Waals surface area (Å²) >= 11 is 0. The fourth-order valence-corrected chi connectivity index (χ4v) is 6.55. The molecule has 0 bridgehead atoms. The lowest BCUT2D eigenvalue weighted by molar-refractivity contribution is -0.137. The SMILES string of the molecule is O=C1CC(C(=O)N2CCC3(CC2)CN(C(=O)c2n[nH]c4cc(-c5ccccc5)ccc24)c2ccccc23)CN1. The van der Waals surface area contributed by atoms with Crippen molar-refractivity contribution in [2.45, 2.75) is 24.7 Å². The lowest BCUT2D eigenvalue weighted by atomic mass is 9.74. The van der Waals surface area contributed by atoms with E-state index in [1.165, 1.54) is 0 Å². The summed E-state index contributed by atoms with van der Waals surface area (Å²) in [4.78, 5) is 42.4. The van der Waals surface area contributed by atoms with Crippen LogP contribution >= 0.6 is 0 Å². The van der Waals surface area contributed by atoms with Gasteiger partial charge in [-0.3, -0.25) is 19.5 Å². The Balaban J connectivity index is 1.14. The van der Waals surface area contributed by atoms with Crippen LogP contribution in [0.15, 0.2) is 72.8 Å². The molecule has 4 aromatic rings. The van der Waals surface area contributed by atoms with Crippen LogP contribution in [0.25, 0.3) is 22.0 Å². The van der Waals surface area contributed by atoms with Crippen LogP contribution in [0.3, 0.4) is 0 Å². The van der Waals surface area contributed by atoms with E-state index in [1.807, 2.05) is 64.4 Å². The smallest absolute Gasteiger partial charge is 0.279 e. The zero-order valence-corrected chi connectivity index (χ0v) is 21.5. The second-order valence-electron chi connectivity index (χ2n) is 10.9. The van der Waals surface area contributed by atoms with Crippen LogP contribution < -0.4 is 10.2 Å². The van der Waals surface area contributed by atoms with Crippen molar-refractivity contribution < 1.29 is 14.4 Å². The highest BCUT2D eigenvalue weighted by molar-refractivity contribution is 6.13. The van der Waals surface area contributed by atoms with E-state index in [2.05, 4.69) is 33.7 Å². The van der Waals surface area contributed by atoms with Crippen molar-refractivity contribution in [2.24, 2.45) is 5.92 Å². The zero-order valence-electron chi connectivity index (χ0n) is 21.5. The highest BCUT2D eigenvalue weighted by Crippen LogP contribution is 2.47. The van der Waals surface area contributed by atoms with Crippen LogP contribution in [0.5, 0.6) is 0 Å². The first-order valence-corrected chi connectivity index (χ1v) is 13.5. The number of hydrogen-bond donors (Lipinski definition) is 2. The first-order chi connectivity index (χ1) is 19.0. The maximum absolute atomic E-state index is 14.0. The molecule has 7 rings (SSSR count). The summed E-state index contributed by atoms with van der Waals surface area (Å²) in [5, 5.41) is 11.1. The van der Waals surface area contributed by atoms with Gasteiger partial charge < -0.3 is 15.1 Å². The van der Waals surface area contributed by atoms with Crippen molar-refractivity contribution >= 4 is 34.3 Å². The van der Waals surface area contributed by atoms with Gasteiger partial charge >= 0.3 is 0 Å². The molecule has 2 saturated heterocycles.